The highest BCUT2D eigenvalue weighted by Gasteiger charge is 2.01. The molecule has 0 bridgehead atoms. The van der Waals surface area contributed by atoms with Gasteiger partial charge in [0.2, 0.25) is 0 Å². The zero-order valence-corrected chi connectivity index (χ0v) is 9.81. The van der Waals surface area contributed by atoms with Crippen LogP contribution in [0.25, 0.3) is 0 Å². The molecule has 1 aromatic carbocycles. The first-order valence-electron chi connectivity index (χ1n) is 5.18. The summed E-state index contributed by atoms with van der Waals surface area (Å²) >= 11 is 0. The van der Waals surface area contributed by atoms with Crippen molar-refractivity contribution in [2.45, 2.75) is 47.5 Å². The number of rotatable bonds is 1. The van der Waals surface area contributed by atoms with Crippen LogP contribution in [0.4, 0.5) is 0 Å². The Balaban J connectivity index is 0.000000671. The normalized spacial score (nSPS) is 9.46. The Labute approximate surface area is 83.0 Å². The van der Waals surface area contributed by atoms with Crippen LogP contribution < -0.4 is 0 Å². The molecule has 0 fully saturated rings. The summed E-state index contributed by atoms with van der Waals surface area (Å²) in [6.45, 7) is 12.8. The van der Waals surface area contributed by atoms with Crippen LogP contribution in [0, 0.1) is 13.8 Å². The lowest BCUT2D eigenvalue weighted by molar-refractivity contribution is 0.854. The molecule has 0 aromatic heterocycles. The van der Waals surface area contributed by atoms with Gasteiger partial charge in [-0.25, -0.2) is 0 Å². The van der Waals surface area contributed by atoms with Crippen LogP contribution in [0.1, 0.15) is 50.3 Å². The van der Waals surface area contributed by atoms with E-state index in [0.29, 0.717) is 5.92 Å². The zero-order valence-electron chi connectivity index (χ0n) is 9.81. The maximum absolute atomic E-state index is 2.28. The molecule has 0 heteroatoms. The lowest BCUT2D eigenvalue weighted by Gasteiger charge is -2.09. The molecule has 0 amide bonds. The van der Waals surface area contributed by atoms with Crippen LogP contribution in [-0.4, -0.2) is 0 Å². The summed E-state index contributed by atoms with van der Waals surface area (Å²) in [4.78, 5) is 0. The van der Waals surface area contributed by atoms with Crippen molar-refractivity contribution in [3.8, 4) is 0 Å². The molecular weight excluding hydrogens is 156 g/mol. The van der Waals surface area contributed by atoms with Gasteiger partial charge in [-0.15, -0.1) is 0 Å². The molecule has 0 atom stereocenters. The Morgan fingerprint density at radius 2 is 1.54 bits per heavy atom. The molecule has 0 aliphatic heterocycles. The Kier molecular flexibility index (Phi) is 5.45. The van der Waals surface area contributed by atoms with Crippen LogP contribution in [0.3, 0.4) is 0 Å². The molecule has 0 spiro atoms. The van der Waals surface area contributed by atoms with Crippen molar-refractivity contribution in [1.29, 1.82) is 0 Å². The van der Waals surface area contributed by atoms with Gasteiger partial charge in [-0.2, -0.15) is 0 Å². The first-order valence-corrected chi connectivity index (χ1v) is 5.18. The van der Waals surface area contributed by atoms with Crippen molar-refractivity contribution in [2.24, 2.45) is 0 Å². The number of hydrogen-bond donors (Lipinski definition) is 0. The second kappa shape index (κ2) is 5.80. The maximum Gasteiger partial charge on any atom is -0.0216 e. The molecule has 0 heterocycles. The average Bonchev–Trinajstić information content (AvgIpc) is 2.12. The highest BCUT2D eigenvalue weighted by molar-refractivity contribution is 5.32. The van der Waals surface area contributed by atoms with Crippen LogP contribution in [0.15, 0.2) is 18.2 Å². The van der Waals surface area contributed by atoms with Gasteiger partial charge in [0.05, 0.1) is 0 Å². The molecule has 1 rings (SSSR count). The summed E-state index contributed by atoms with van der Waals surface area (Å²) in [5, 5.41) is 0. The minimum atomic E-state index is 0.648. The van der Waals surface area contributed by atoms with Crippen molar-refractivity contribution in [3.63, 3.8) is 0 Å². The summed E-state index contributed by atoms with van der Waals surface area (Å²) in [6.07, 6.45) is 0. The van der Waals surface area contributed by atoms with Gasteiger partial charge in [-0.3, -0.25) is 0 Å². The van der Waals surface area contributed by atoms with Gasteiger partial charge >= 0.3 is 0 Å². The van der Waals surface area contributed by atoms with Crippen molar-refractivity contribution in [1.82, 2.24) is 0 Å². The third-order valence-electron chi connectivity index (χ3n) is 2.06. The lowest BCUT2D eigenvalue weighted by atomic mass is 9.96. The third-order valence-corrected chi connectivity index (χ3v) is 2.06. The smallest absolute Gasteiger partial charge is 0.0216 e. The minimum absolute atomic E-state index is 0.648. The van der Waals surface area contributed by atoms with E-state index in [1.807, 2.05) is 13.8 Å². The van der Waals surface area contributed by atoms with Crippen LogP contribution in [0.5, 0.6) is 0 Å². The van der Waals surface area contributed by atoms with Crippen molar-refractivity contribution in [3.05, 3.63) is 34.9 Å². The molecule has 1 aromatic rings. The van der Waals surface area contributed by atoms with Gasteiger partial charge in [-0.05, 0) is 30.9 Å². The fourth-order valence-electron chi connectivity index (χ4n) is 1.38. The van der Waals surface area contributed by atoms with E-state index < -0.39 is 0 Å². The quantitative estimate of drug-likeness (QED) is 0.596. The van der Waals surface area contributed by atoms with Gasteiger partial charge in [-0.1, -0.05) is 51.5 Å². The summed E-state index contributed by atoms with van der Waals surface area (Å²) < 4.78 is 0. The molecule has 0 N–H and O–H groups in total. The van der Waals surface area contributed by atoms with Gasteiger partial charge in [0.1, 0.15) is 0 Å². The second-order valence-electron chi connectivity index (χ2n) is 3.51. The SMILES string of the molecule is CC.Cc1ccc(C)c(C(C)C)c1. The van der Waals surface area contributed by atoms with Crippen molar-refractivity contribution in [2.75, 3.05) is 0 Å². The largest absolute Gasteiger partial charge is 0.0683 e. The van der Waals surface area contributed by atoms with Gasteiger partial charge in [0.15, 0.2) is 0 Å². The average molecular weight is 178 g/mol. The highest BCUT2D eigenvalue weighted by atomic mass is 14.1. The van der Waals surface area contributed by atoms with Crippen LogP contribution >= 0.6 is 0 Å². The van der Waals surface area contributed by atoms with E-state index in [1.165, 1.54) is 16.7 Å². The van der Waals surface area contributed by atoms with Crippen LogP contribution in [0.2, 0.25) is 0 Å². The lowest BCUT2D eigenvalue weighted by Crippen LogP contribution is -1.91. The molecule has 0 saturated carbocycles. The van der Waals surface area contributed by atoms with Gasteiger partial charge in [0.25, 0.3) is 0 Å². The zero-order chi connectivity index (χ0) is 10.4. The Hall–Kier alpha value is -0.780. The minimum Gasteiger partial charge on any atom is -0.0683 e. The Bertz CT molecular complexity index is 246. The maximum atomic E-state index is 2.28. The highest BCUT2D eigenvalue weighted by Crippen LogP contribution is 2.19. The molecular formula is C13H22. The van der Waals surface area contributed by atoms with Gasteiger partial charge < -0.3 is 0 Å². The van der Waals surface area contributed by atoms with Crippen molar-refractivity contribution >= 4 is 0 Å². The molecule has 0 aliphatic rings. The summed E-state index contributed by atoms with van der Waals surface area (Å²) in [7, 11) is 0. The first kappa shape index (κ1) is 12.2. The first-order chi connectivity index (χ1) is 6.11. The number of benzene rings is 1. The fourth-order valence-corrected chi connectivity index (χ4v) is 1.38. The van der Waals surface area contributed by atoms with Crippen LogP contribution in [-0.2, 0) is 0 Å². The molecule has 0 aliphatic carbocycles. The van der Waals surface area contributed by atoms with E-state index in [4.69, 9.17) is 0 Å². The van der Waals surface area contributed by atoms with E-state index in [9.17, 15) is 0 Å². The predicted molar refractivity (Wildman–Crippen MR) is 61.4 cm³/mol. The monoisotopic (exact) mass is 178 g/mol. The fraction of sp³-hybridized carbons (Fsp3) is 0.538. The number of aryl methyl sites for hydroxylation is 2. The standard InChI is InChI=1S/C11H16.C2H6/c1-8(2)11-7-9(3)5-6-10(11)4;1-2/h5-8H,1-4H3;1-2H3. The summed E-state index contributed by atoms with van der Waals surface area (Å²) in [6, 6.07) is 6.64. The van der Waals surface area contributed by atoms with E-state index in [1.54, 1.807) is 0 Å². The van der Waals surface area contributed by atoms with E-state index >= 15 is 0 Å². The number of hydrogen-bond acceptors (Lipinski definition) is 0. The third kappa shape index (κ3) is 3.63. The van der Waals surface area contributed by atoms with E-state index in [2.05, 4.69) is 45.9 Å². The molecule has 13 heavy (non-hydrogen) atoms. The van der Waals surface area contributed by atoms with Crippen molar-refractivity contribution < 1.29 is 0 Å². The Morgan fingerprint density at radius 1 is 1.00 bits per heavy atom. The summed E-state index contributed by atoms with van der Waals surface area (Å²) in [5.74, 6) is 0.648. The molecule has 74 valence electrons. The van der Waals surface area contributed by atoms with Gasteiger partial charge in [0, 0.05) is 0 Å². The molecule has 0 saturated heterocycles. The Morgan fingerprint density at radius 3 is 1.92 bits per heavy atom. The molecule has 0 nitrogen and oxygen atoms in total. The predicted octanol–water partition coefficient (Wildman–Crippen LogP) is 4.45. The second-order valence-corrected chi connectivity index (χ2v) is 3.51. The molecule has 0 unspecified atom stereocenters. The van der Waals surface area contributed by atoms with E-state index in [-0.39, 0.29) is 0 Å². The topological polar surface area (TPSA) is 0 Å². The van der Waals surface area contributed by atoms with E-state index in [0.717, 1.165) is 0 Å². The molecule has 0 radical (unpaired) electrons. The summed E-state index contributed by atoms with van der Waals surface area (Å²) in [5.41, 5.74) is 4.25.